The molecule has 148 valence electrons. The first-order valence-corrected chi connectivity index (χ1v) is 9.69. The number of fused-ring (bicyclic) bond motifs is 4. The third-order valence-electron chi connectivity index (χ3n) is 5.87. The van der Waals surface area contributed by atoms with Gasteiger partial charge in [0.2, 0.25) is 17.7 Å². The number of carbonyl (C=O) groups excluding carboxylic acids is 1. The van der Waals surface area contributed by atoms with Crippen molar-refractivity contribution < 1.29 is 9.53 Å². The van der Waals surface area contributed by atoms with Gasteiger partial charge >= 0.3 is 0 Å². The molecule has 0 fully saturated rings. The van der Waals surface area contributed by atoms with E-state index in [1.54, 1.807) is 4.90 Å². The summed E-state index contributed by atoms with van der Waals surface area (Å²) in [5, 5.41) is 17.4. The highest BCUT2D eigenvalue weighted by atomic mass is 16.5. The largest absolute Gasteiger partial charge is 0.420 e. The molecule has 0 bridgehead atoms. The van der Waals surface area contributed by atoms with Crippen molar-refractivity contribution >= 4 is 11.6 Å². The first-order valence-electron chi connectivity index (χ1n) is 9.69. The molecule has 1 aromatic heterocycles. The van der Waals surface area contributed by atoms with Gasteiger partial charge in [-0.05, 0) is 19.9 Å². The van der Waals surface area contributed by atoms with Gasteiger partial charge in [0.05, 0.1) is 11.3 Å². The van der Waals surface area contributed by atoms with E-state index in [-0.39, 0.29) is 23.2 Å². The Balaban J connectivity index is 1.90. The van der Waals surface area contributed by atoms with Gasteiger partial charge in [-0.25, -0.2) is 0 Å². The van der Waals surface area contributed by atoms with Gasteiger partial charge in [0.25, 0.3) is 0 Å². The van der Waals surface area contributed by atoms with Crippen molar-refractivity contribution in [1.82, 2.24) is 10.2 Å². The molecule has 3 N–H and O–H groups in total. The fourth-order valence-corrected chi connectivity index (χ4v) is 4.53. The van der Waals surface area contributed by atoms with E-state index >= 15 is 0 Å². The molecule has 0 saturated carbocycles. The monoisotopic (exact) mass is 397 g/mol. The first-order chi connectivity index (χ1) is 14.5. The van der Waals surface area contributed by atoms with E-state index in [1.165, 1.54) is 0 Å². The van der Waals surface area contributed by atoms with Crippen molar-refractivity contribution in [2.24, 2.45) is 5.73 Å². The van der Waals surface area contributed by atoms with Gasteiger partial charge in [0.1, 0.15) is 17.1 Å². The van der Waals surface area contributed by atoms with Crippen molar-refractivity contribution in [3.05, 3.63) is 76.7 Å². The predicted octanol–water partition coefficient (Wildman–Crippen LogP) is 3.12. The Morgan fingerprint density at radius 3 is 2.67 bits per heavy atom. The number of benzene rings is 2. The van der Waals surface area contributed by atoms with Gasteiger partial charge in [-0.2, -0.15) is 5.26 Å². The second-order valence-electron chi connectivity index (χ2n) is 7.41. The predicted molar refractivity (Wildman–Crippen MR) is 111 cm³/mol. The Bertz CT molecular complexity index is 1270. The highest BCUT2D eigenvalue weighted by Crippen LogP contribution is 2.56. The number of nitriles is 1. The highest BCUT2D eigenvalue weighted by molar-refractivity contribution is 6.15. The van der Waals surface area contributed by atoms with Crippen LogP contribution in [0, 0.1) is 18.3 Å². The molecule has 7 nitrogen and oxygen atoms in total. The van der Waals surface area contributed by atoms with Crippen LogP contribution in [0.4, 0.5) is 5.69 Å². The zero-order valence-corrected chi connectivity index (χ0v) is 16.6. The zero-order valence-electron chi connectivity index (χ0n) is 16.6. The third-order valence-corrected chi connectivity index (χ3v) is 5.87. The summed E-state index contributed by atoms with van der Waals surface area (Å²) in [6, 6.07) is 17.5. The lowest BCUT2D eigenvalue weighted by Gasteiger charge is -2.32. The normalized spacial score (nSPS) is 19.5. The molecule has 5 rings (SSSR count). The number of aryl methyl sites for hydroxylation is 1. The van der Waals surface area contributed by atoms with Gasteiger partial charge in [0.15, 0.2) is 0 Å². The summed E-state index contributed by atoms with van der Waals surface area (Å²) >= 11 is 0. The highest BCUT2D eigenvalue weighted by Gasteiger charge is 2.60. The van der Waals surface area contributed by atoms with Crippen molar-refractivity contribution in [2.45, 2.75) is 19.3 Å². The van der Waals surface area contributed by atoms with Crippen LogP contribution in [0.3, 0.4) is 0 Å². The fourth-order valence-electron chi connectivity index (χ4n) is 4.53. The molecule has 2 aromatic carbocycles. The standard InChI is InChI=1S/C23H19N5O2/c1-3-28-17-7-5-4-6-15(17)23(22(28)29)16(12-24)20(25)30-21-18(23)19(26-27-21)14-10-8-13(2)9-11-14/h4-11H,3,25H2,1-2H3,(H,26,27)/t23-/m0/s1. The first kappa shape index (κ1) is 18.0. The van der Waals surface area contributed by atoms with Crippen LogP contribution in [0.5, 0.6) is 5.88 Å². The minimum absolute atomic E-state index is 0.0816. The SMILES string of the molecule is CCN1C(=O)[C@]2(C(C#N)=C(N)Oc3n[nH]c(-c4ccc(C)cc4)c32)c2ccccc21. The molecular weight excluding hydrogens is 378 g/mol. The van der Waals surface area contributed by atoms with E-state index < -0.39 is 5.41 Å². The average molecular weight is 397 g/mol. The summed E-state index contributed by atoms with van der Waals surface area (Å²) in [5.41, 5.74) is 9.38. The number of aromatic amines is 1. The lowest BCUT2D eigenvalue weighted by Crippen LogP contribution is -2.45. The van der Waals surface area contributed by atoms with Gasteiger partial charge in [-0.3, -0.25) is 9.89 Å². The van der Waals surface area contributed by atoms with Crippen LogP contribution in [0.1, 0.15) is 23.6 Å². The number of rotatable bonds is 2. The molecule has 1 spiro atoms. The number of ether oxygens (including phenoxy) is 1. The summed E-state index contributed by atoms with van der Waals surface area (Å²) in [6.45, 7) is 4.37. The molecule has 0 unspecified atom stereocenters. The molecule has 1 amide bonds. The Kier molecular flexibility index (Phi) is 3.74. The number of carbonyl (C=O) groups is 1. The fraction of sp³-hybridized carbons (Fsp3) is 0.174. The number of aromatic nitrogens is 2. The summed E-state index contributed by atoms with van der Waals surface area (Å²) in [6.07, 6.45) is 0. The molecule has 7 heteroatoms. The minimum atomic E-state index is -1.41. The molecule has 2 aliphatic heterocycles. The Labute approximate surface area is 173 Å². The summed E-state index contributed by atoms with van der Waals surface area (Å²) in [7, 11) is 0. The number of nitrogens with zero attached hydrogens (tertiary/aromatic N) is 3. The second-order valence-corrected chi connectivity index (χ2v) is 7.41. The molecule has 3 aromatic rings. The maximum absolute atomic E-state index is 14.0. The van der Waals surface area contributed by atoms with Crippen LogP contribution in [0.25, 0.3) is 11.3 Å². The summed E-state index contributed by atoms with van der Waals surface area (Å²) in [5.74, 6) is -0.124. The third kappa shape index (κ3) is 2.08. The average Bonchev–Trinajstić information content (AvgIpc) is 3.27. The van der Waals surface area contributed by atoms with Crippen LogP contribution in [0.2, 0.25) is 0 Å². The van der Waals surface area contributed by atoms with Crippen molar-refractivity contribution in [1.29, 1.82) is 5.26 Å². The number of hydrogen-bond acceptors (Lipinski definition) is 5. The Hall–Kier alpha value is -4.05. The van der Waals surface area contributed by atoms with Crippen molar-refractivity contribution in [3.63, 3.8) is 0 Å². The molecule has 2 aliphatic rings. The number of nitrogens with one attached hydrogen (secondary N) is 1. The molecule has 0 saturated heterocycles. The van der Waals surface area contributed by atoms with Crippen LogP contribution in [-0.2, 0) is 10.2 Å². The van der Waals surface area contributed by atoms with E-state index in [9.17, 15) is 10.1 Å². The zero-order chi connectivity index (χ0) is 21.0. The second kappa shape index (κ2) is 6.22. The lowest BCUT2D eigenvalue weighted by molar-refractivity contribution is -0.120. The number of likely N-dealkylation sites (N-methyl/N-ethyl adjacent to an activating group) is 1. The van der Waals surface area contributed by atoms with Crippen molar-refractivity contribution in [3.8, 4) is 23.2 Å². The molecule has 30 heavy (non-hydrogen) atoms. The van der Waals surface area contributed by atoms with E-state index in [2.05, 4.69) is 16.3 Å². The molecular formula is C23H19N5O2. The van der Waals surface area contributed by atoms with Crippen molar-refractivity contribution in [2.75, 3.05) is 11.4 Å². The van der Waals surface area contributed by atoms with Crippen LogP contribution < -0.4 is 15.4 Å². The molecule has 0 aliphatic carbocycles. The number of hydrogen-bond donors (Lipinski definition) is 2. The topological polar surface area (TPSA) is 108 Å². The Morgan fingerprint density at radius 2 is 1.97 bits per heavy atom. The van der Waals surface area contributed by atoms with Gasteiger partial charge in [0, 0.05) is 23.4 Å². The quantitative estimate of drug-likeness (QED) is 0.691. The maximum atomic E-state index is 14.0. The smallest absolute Gasteiger partial charge is 0.247 e. The van der Waals surface area contributed by atoms with Gasteiger partial charge in [-0.15, -0.1) is 5.10 Å². The number of H-pyrrole nitrogens is 1. The van der Waals surface area contributed by atoms with Gasteiger partial charge in [-0.1, -0.05) is 48.0 Å². The van der Waals surface area contributed by atoms with E-state index in [0.29, 0.717) is 23.4 Å². The number of nitrogens with two attached hydrogens (primary N) is 1. The van der Waals surface area contributed by atoms with Crippen LogP contribution >= 0.6 is 0 Å². The molecule has 0 radical (unpaired) electrons. The van der Waals surface area contributed by atoms with E-state index in [1.807, 2.05) is 62.4 Å². The Morgan fingerprint density at radius 1 is 1.23 bits per heavy atom. The van der Waals surface area contributed by atoms with Crippen LogP contribution in [-0.4, -0.2) is 22.6 Å². The number of amides is 1. The number of para-hydroxylation sites is 1. The van der Waals surface area contributed by atoms with E-state index in [4.69, 9.17) is 10.5 Å². The maximum Gasteiger partial charge on any atom is 0.247 e. The minimum Gasteiger partial charge on any atom is -0.420 e. The van der Waals surface area contributed by atoms with E-state index in [0.717, 1.165) is 16.8 Å². The molecule has 3 heterocycles. The number of anilines is 1. The van der Waals surface area contributed by atoms with Crippen LogP contribution in [0.15, 0.2) is 60.0 Å². The summed E-state index contributed by atoms with van der Waals surface area (Å²) < 4.78 is 5.70. The molecule has 1 atom stereocenters. The lowest BCUT2D eigenvalue weighted by atomic mass is 9.68. The summed E-state index contributed by atoms with van der Waals surface area (Å²) in [4.78, 5) is 15.7. The van der Waals surface area contributed by atoms with Gasteiger partial charge < -0.3 is 15.4 Å².